The van der Waals surface area contributed by atoms with Gasteiger partial charge in [0.25, 0.3) is 0 Å². The van der Waals surface area contributed by atoms with Crippen molar-refractivity contribution < 1.29 is 13.2 Å². The van der Waals surface area contributed by atoms with Crippen LogP contribution in [0.5, 0.6) is 0 Å². The number of hydrogen-bond donors (Lipinski definition) is 0. The molecule has 3 rings (SSSR count). The van der Waals surface area contributed by atoms with Crippen molar-refractivity contribution >= 4 is 11.6 Å². The SMILES string of the molecule is CCCc1ccc(-c2cc(F)c(C#Cc3ccc(Cl)c(F)c3)c(F)c2)cc1. The molecule has 0 aromatic heterocycles. The molecule has 0 aliphatic rings. The van der Waals surface area contributed by atoms with Gasteiger partial charge in [-0.15, -0.1) is 0 Å². The van der Waals surface area contributed by atoms with Crippen LogP contribution in [0.2, 0.25) is 5.02 Å². The summed E-state index contributed by atoms with van der Waals surface area (Å²) < 4.78 is 42.2. The first-order valence-corrected chi connectivity index (χ1v) is 8.91. The fourth-order valence-corrected chi connectivity index (χ4v) is 2.84. The van der Waals surface area contributed by atoms with Gasteiger partial charge in [0.2, 0.25) is 0 Å². The lowest BCUT2D eigenvalue weighted by atomic mass is 10.0. The summed E-state index contributed by atoms with van der Waals surface area (Å²) in [6, 6.07) is 14.1. The highest BCUT2D eigenvalue weighted by molar-refractivity contribution is 6.30. The molecule has 0 amide bonds. The average molecular weight is 385 g/mol. The molecule has 0 spiro atoms. The quantitative estimate of drug-likeness (QED) is 0.437. The minimum Gasteiger partial charge on any atom is -0.205 e. The van der Waals surface area contributed by atoms with Crippen LogP contribution < -0.4 is 0 Å². The Bertz CT molecular complexity index is 1000. The van der Waals surface area contributed by atoms with Gasteiger partial charge in [0.05, 0.1) is 10.6 Å². The molecule has 4 heteroatoms. The van der Waals surface area contributed by atoms with Crippen LogP contribution in [0.25, 0.3) is 11.1 Å². The van der Waals surface area contributed by atoms with E-state index in [2.05, 4.69) is 18.8 Å². The van der Waals surface area contributed by atoms with Gasteiger partial charge in [-0.1, -0.05) is 61.1 Å². The first-order valence-electron chi connectivity index (χ1n) is 8.53. The van der Waals surface area contributed by atoms with Gasteiger partial charge in [0.1, 0.15) is 17.5 Å². The maximum absolute atomic E-state index is 14.4. The Kier molecular flexibility index (Phi) is 5.88. The van der Waals surface area contributed by atoms with E-state index >= 15 is 0 Å². The van der Waals surface area contributed by atoms with Gasteiger partial charge in [-0.3, -0.25) is 0 Å². The minimum absolute atomic E-state index is 0.0350. The molecule has 0 aliphatic heterocycles. The Balaban J connectivity index is 1.91. The number of rotatable bonds is 3. The lowest BCUT2D eigenvalue weighted by Gasteiger charge is -2.06. The van der Waals surface area contributed by atoms with Crippen molar-refractivity contribution in [2.75, 3.05) is 0 Å². The second-order valence-electron chi connectivity index (χ2n) is 6.14. The van der Waals surface area contributed by atoms with E-state index in [1.807, 2.05) is 24.3 Å². The molecular weight excluding hydrogens is 369 g/mol. The molecular formula is C23H16ClF3. The van der Waals surface area contributed by atoms with Crippen LogP contribution in [0.3, 0.4) is 0 Å². The smallest absolute Gasteiger partial charge is 0.143 e. The molecule has 0 heterocycles. The molecule has 0 unspecified atom stereocenters. The first-order chi connectivity index (χ1) is 13.0. The van der Waals surface area contributed by atoms with Gasteiger partial charge in [0.15, 0.2) is 0 Å². The van der Waals surface area contributed by atoms with E-state index in [0.29, 0.717) is 5.56 Å². The van der Waals surface area contributed by atoms with Crippen molar-refractivity contribution in [1.29, 1.82) is 0 Å². The van der Waals surface area contributed by atoms with E-state index in [9.17, 15) is 13.2 Å². The molecule has 0 nitrogen and oxygen atoms in total. The van der Waals surface area contributed by atoms with E-state index in [4.69, 9.17) is 11.6 Å². The van der Waals surface area contributed by atoms with Crippen LogP contribution in [0.4, 0.5) is 13.2 Å². The van der Waals surface area contributed by atoms with Crippen molar-refractivity contribution in [3.63, 3.8) is 0 Å². The lowest BCUT2D eigenvalue weighted by Crippen LogP contribution is -1.93. The summed E-state index contributed by atoms with van der Waals surface area (Å²) in [5.74, 6) is 2.85. The number of hydrogen-bond acceptors (Lipinski definition) is 0. The molecule has 136 valence electrons. The molecule has 3 aromatic carbocycles. The van der Waals surface area contributed by atoms with E-state index < -0.39 is 17.5 Å². The molecule has 0 aliphatic carbocycles. The predicted molar refractivity (Wildman–Crippen MR) is 103 cm³/mol. The predicted octanol–water partition coefficient (Wildman–Crippen LogP) is 6.78. The van der Waals surface area contributed by atoms with Gasteiger partial charge in [0, 0.05) is 5.56 Å². The zero-order chi connectivity index (χ0) is 19.4. The summed E-state index contributed by atoms with van der Waals surface area (Å²) in [5, 5.41) is -0.0350. The van der Waals surface area contributed by atoms with E-state index in [0.717, 1.165) is 24.5 Å². The normalized spacial score (nSPS) is 10.4. The van der Waals surface area contributed by atoms with E-state index in [1.54, 1.807) is 0 Å². The van der Waals surface area contributed by atoms with Crippen LogP contribution in [-0.4, -0.2) is 0 Å². The van der Waals surface area contributed by atoms with Crippen LogP contribution in [0.1, 0.15) is 30.0 Å². The maximum Gasteiger partial charge on any atom is 0.143 e. The fourth-order valence-electron chi connectivity index (χ4n) is 2.72. The van der Waals surface area contributed by atoms with Crippen LogP contribution in [0.15, 0.2) is 54.6 Å². The summed E-state index contributed by atoms with van der Waals surface area (Å²) >= 11 is 5.61. The van der Waals surface area contributed by atoms with Crippen molar-refractivity contribution in [3.05, 3.63) is 93.8 Å². The molecule has 0 saturated carbocycles. The summed E-state index contributed by atoms with van der Waals surface area (Å²) in [5.41, 5.74) is 2.28. The minimum atomic E-state index is -0.760. The Hall–Kier alpha value is -2.70. The standard InChI is InChI=1S/C23H16ClF3/c1-2-3-15-4-8-17(9-5-15)18-13-21(25)19(22(26)14-18)10-6-16-7-11-20(24)23(27)12-16/h4-5,7-9,11-14H,2-3H2,1H3. The second-order valence-corrected chi connectivity index (χ2v) is 6.55. The highest BCUT2D eigenvalue weighted by Crippen LogP contribution is 2.25. The highest BCUT2D eigenvalue weighted by Gasteiger charge is 2.11. The Morgan fingerprint density at radius 2 is 1.44 bits per heavy atom. The molecule has 0 saturated heterocycles. The first kappa shape index (κ1) is 19.1. The fraction of sp³-hybridized carbons (Fsp3) is 0.130. The molecule has 0 atom stereocenters. The topological polar surface area (TPSA) is 0 Å². The van der Waals surface area contributed by atoms with Gasteiger partial charge in [-0.05, 0) is 53.4 Å². The van der Waals surface area contributed by atoms with Gasteiger partial charge < -0.3 is 0 Å². The molecule has 0 N–H and O–H groups in total. The third kappa shape index (κ3) is 4.53. The average Bonchev–Trinajstić information content (AvgIpc) is 2.64. The molecule has 3 aromatic rings. The monoisotopic (exact) mass is 384 g/mol. The van der Waals surface area contributed by atoms with Crippen molar-refractivity contribution in [3.8, 4) is 23.0 Å². The molecule has 0 fully saturated rings. The van der Waals surface area contributed by atoms with Gasteiger partial charge in [-0.25, -0.2) is 13.2 Å². The maximum atomic E-state index is 14.4. The van der Waals surface area contributed by atoms with E-state index in [-0.39, 0.29) is 16.1 Å². The third-order valence-electron chi connectivity index (χ3n) is 4.12. The second kappa shape index (κ2) is 8.33. The third-order valence-corrected chi connectivity index (χ3v) is 4.43. The van der Waals surface area contributed by atoms with Crippen LogP contribution >= 0.6 is 11.6 Å². The Labute approximate surface area is 161 Å². The van der Waals surface area contributed by atoms with Crippen molar-refractivity contribution in [2.24, 2.45) is 0 Å². The van der Waals surface area contributed by atoms with Gasteiger partial charge in [-0.2, -0.15) is 0 Å². The summed E-state index contributed by atoms with van der Waals surface area (Å²) in [6.45, 7) is 2.09. The number of halogens is 4. The van der Waals surface area contributed by atoms with Crippen LogP contribution in [-0.2, 0) is 6.42 Å². The van der Waals surface area contributed by atoms with Crippen molar-refractivity contribution in [1.82, 2.24) is 0 Å². The zero-order valence-corrected chi connectivity index (χ0v) is 15.4. The largest absolute Gasteiger partial charge is 0.205 e. The molecule has 27 heavy (non-hydrogen) atoms. The summed E-state index contributed by atoms with van der Waals surface area (Å²) in [4.78, 5) is 0. The highest BCUT2D eigenvalue weighted by atomic mass is 35.5. The Morgan fingerprint density at radius 1 is 0.778 bits per heavy atom. The van der Waals surface area contributed by atoms with Gasteiger partial charge >= 0.3 is 0 Å². The zero-order valence-electron chi connectivity index (χ0n) is 14.6. The lowest BCUT2D eigenvalue weighted by molar-refractivity contribution is 0.578. The van der Waals surface area contributed by atoms with Crippen molar-refractivity contribution in [2.45, 2.75) is 19.8 Å². The van der Waals surface area contributed by atoms with E-state index in [1.165, 1.54) is 29.8 Å². The summed E-state index contributed by atoms with van der Waals surface area (Å²) in [6.07, 6.45) is 2.00. The van der Waals surface area contributed by atoms with Crippen LogP contribution in [0, 0.1) is 29.3 Å². The number of benzene rings is 3. The molecule has 0 radical (unpaired) electrons. The summed E-state index contributed by atoms with van der Waals surface area (Å²) in [7, 11) is 0. The number of aryl methyl sites for hydroxylation is 1. The molecule has 0 bridgehead atoms. The Morgan fingerprint density at radius 3 is 2.04 bits per heavy atom.